The fourth-order valence-corrected chi connectivity index (χ4v) is 4.04. The zero-order valence-corrected chi connectivity index (χ0v) is 17.9. The fourth-order valence-electron chi connectivity index (χ4n) is 2.83. The van der Waals surface area contributed by atoms with Crippen LogP contribution in [0, 0.1) is 5.82 Å². The first-order valence-corrected chi connectivity index (χ1v) is 10.6. The Morgan fingerprint density at radius 3 is 2.10 bits per heavy atom. The van der Waals surface area contributed by atoms with E-state index in [1.165, 1.54) is 88.0 Å². The van der Waals surface area contributed by atoms with Gasteiger partial charge in [0.05, 0.1) is 24.8 Å². The van der Waals surface area contributed by atoms with Crippen LogP contribution < -0.4 is 19.1 Å². The Morgan fingerprint density at radius 1 is 0.903 bits per heavy atom. The van der Waals surface area contributed by atoms with Crippen molar-refractivity contribution in [3.05, 3.63) is 78.1 Å². The lowest BCUT2D eigenvalue weighted by Gasteiger charge is -2.20. The Balaban J connectivity index is 1.79. The summed E-state index contributed by atoms with van der Waals surface area (Å²) >= 11 is 0. The molecule has 3 aromatic rings. The van der Waals surface area contributed by atoms with Gasteiger partial charge in [-0.15, -0.1) is 0 Å². The molecule has 31 heavy (non-hydrogen) atoms. The monoisotopic (exact) mass is 444 g/mol. The van der Waals surface area contributed by atoms with Crippen LogP contribution in [0.4, 0.5) is 15.8 Å². The number of benzene rings is 3. The van der Waals surface area contributed by atoms with E-state index in [0.717, 1.165) is 4.31 Å². The van der Waals surface area contributed by atoms with E-state index in [1.54, 1.807) is 0 Å². The van der Waals surface area contributed by atoms with E-state index >= 15 is 0 Å². The smallest absolute Gasteiger partial charge is 0.264 e. The molecule has 0 aliphatic rings. The van der Waals surface area contributed by atoms with Crippen molar-refractivity contribution in [1.82, 2.24) is 0 Å². The number of methoxy groups -OCH3 is 2. The van der Waals surface area contributed by atoms with E-state index < -0.39 is 21.7 Å². The van der Waals surface area contributed by atoms with Crippen molar-refractivity contribution in [2.45, 2.75) is 4.90 Å². The molecule has 0 saturated heterocycles. The maximum atomic E-state index is 13.0. The molecular weight excluding hydrogens is 423 g/mol. The number of amides is 1. The minimum absolute atomic E-state index is 0.0331. The largest absolute Gasteiger partial charge is 0.493 e. The maximum Gasteiger partial charge on any atom is 0.264 e. The van der Waals surface area contributed by atoms with E-state index in [0.29, 0.717) is 28.4 Å². The molecule has 0 spiro atoms. The number of halogens is 1. The zero-order chi connectivity index (χ0) is 22.6. The molecule has 3 rings (SSSR count). The highest BCUT2D eigenvalue weighted by molar-refractivity contribution is 7.92. The van der Waals surface area contributed by atoms with Crippen molar-refractivity contribution >= 4 is 27.3 Å². The summed E-state index contributed by atoms with van der Waals surface area (Å²) in [5.74, 6) is -0.0879. The molecule has 0 aliphatic heterocycles. The first-order valence-electron chi connectivity index (χ1n) is 9.14. The summed E-state index contributed by atoms with van der Waals surface area (Å²) in [7, 11) is 0.431. The van der Waals surface area contributed by atoms with Crippen molar-refractivity contribution in [2.75, 3.05) is 30.9 Å². The topological polar surface area (TPSA) is 84.9 Å². The molecular formula is C22H21FN2O5S. The highest BCUT2D eigenvalue weighted by Crippen LogP contribution is 2.31. The van der Waals surface area contributed by atoms with Crippen molar-refractivity contribution in [1.29, 1.82) is 0 Å². The number of nitrogens with zero attached hydrogens (tertiary/aromatic N) is 1. The zero-order valence-electron chi connectivity index (χ0n) is 17.1. The summed E-state index contributed by atoms with van der Waals surface area (Å²) < 4.78 is 50.4. The SMILES string of the molecule is COc1ccc(S(=O)(=O)N(C)c2ccc(C(=O)Nc3ccc(F)cc3)cc2)cc1OC. The average Bonchev–Trinajstić information content (AvgIpc) is 2.79. The lowest BCUT2D eigenvalue weighted by molar-refractivity contribution is 0.102. The molecule has 7 nitrogen and oxygen atoms in total. The minimum atomic E-state index is -3.87. The summed E-state index contributed by atoms with van der Waals surface area (Å²) in [4.78, 5) is 12.4. The van der Waals surface area contributed by atoms with Crippen molar-refractivity contribution in [3.63, 3.8) is 0 Å². The van der Waals surface area contributed by atoms with E-state index in [2.05, 4.69) is 5.32 Å². The van der Waals surface area contributed by atoms with Crippen LogP contribution in [-0.2, 0) is 10.0 Å². The molecule has 0 bridgehead atoms. The van der Waals surface area contributed by atoms with Crippen LogP contribution in [0.5, 0.6) is 11.5 Å². The van der Waals surface area contributed by atoms with Crippen molar-refractivity contribution < 1.29 is 27.1 Å². The molecule has 3 aromatic carbocycles. The Bertz CT molecular complexity index is 1180. The first-order chi connectivity index (χ1) is 14.8. The van der Waals surface area contributed by atoms with Gasteiger partial charge in [-0.2, -0.15) is 0 Å². The summed E-state index contributed by atoms with van der Waals surface area (Å²) in [5.41, 5.74) is 1.14. The lowest BCUT2D eigenvalue weighted by atomic mass is 10.2. The normalized spacial score (nSPS) is 11.0. The average molecular weight is 444 g/mol. The second-order valence-corrected chi connectivity index (χ2v) is 8.47. The molecule has 0 atom stereocenters. The molecule has 0 heterocycles. The molecule has 0 unspecified atom stereocenters. The molecule has 0 aliphatic carbocycles. The second-order valence-electron chi connectivity index (χ2n) is 6.50. The van der Waals surface area contributed by atoms with Crippen LogP contribution in [0.1, 0.15) is 10.4 Å². The number of ether oxygens (including phenoxy) is 2. The summed E-state index contributed by atoms with van der Waals surface area (Å²) in [6, 6.07) is 15.8. The van der Waals surface area contributed by atoms with Gasteiger partial charge in [0, 0.05) is 24.4 Å². The molecule has 0 aromatic heterocycles. The van der Waals surface area contributed by atoms with Gasteiger partial charge in [-0.3, -0.25) is 9.10 Å². The van der Waals surface area contributed by atoms with E-state index in [9.17, 15) is 17.6 Å². The number of rotatable bonds is 7. The Hall–Kier alpha value is -3.59. The van der Waals surface area contributed by atoms with Gasteiger partial charge in [0.25, 0.3) is 15.9 Å². The Labute approximate surface area is 180 Å². The molecule has 0 fully saturated rings. The summed E-state index contributed by atoms with van der Waals surface area (Å²) in [6.45, 7) is 0. The lowest BCUT2D eigenvalue weighted by Crippen LogP contribution is -2.26. The van der Waals surface area contributed by atoms with Gasteiger partial charge in [0.2, 0.25) is 0 Å². The minimum Gasteiger partial charge on any atom is -0.493 e. The second kappa shape index (κ2) is 9.05. The quantitative estimate of drug-likeness (QED) is 0.597. The first kappa shape index (κ1) is 22.1. The third-order valence-electron chi connectivity index (χ3n) is 4.61. The number of anilines is 2. The summed E-state index contributed by atoms with van der Waals surface area (Å²) in [5, 5.41) is 2.65. The maximum absolute atomic E-state index is 13.0. The highest BCUT2D eigenvalue weighted by Gasteiger charge is 2.23. The number of hydrogen-bond acceptors (Lipinski definition) is 5. The fraction of sp³-hybridized carbons (Fsp3) is 0.136. The Morgan fingerprint density at radius 2 is 1.52 bits per heavy atom. The van der Waals surface area contributed by atoms with Gasteiger partial charge in [-0.05, 0) is 60.7 Å². The highest BCUT2D eigenvalue weighted by atomic mass is 32.2. The Kier molecular flexibility index (Phi) is 6.45. The third-order valence-corrected chi connectivity index (χ3v) is 6.39. The standard InChI is InChI=1S/C22H21FN2O5S/c1-25(31(27,28)19-12-13-20(29-2)21(14-19)30-3)18-10-4-15(5-11-18)22(26)24-17-8-6-16(23)7-9-17/h4-14H,1-3H3,(H,24,26). The molecule has 162 valence electrons. The van der Waals surface area contributed by atoms with Crippen LogP contribution in [0.3, 0.4) is 0 Å². The van der Waals surface area contributed by atoms with Crippen LogP contribution in [-0.4, -0.2) is 35.6 Å². The van der Waals surface area contributed by atoms with Gasteiger partial charge in [-0.1, -0.05) is 0 Å². The molecule has 9 heteroatoms. The van der Waals surface area contributed by atoms with Gasteiger partial charge >= 0.3 is 0 Å². The number of carbonyl (C=O) groups is 1. The van der Waals surface area contributed by atoms with Crippen molar-refractivity contribution in [3.8, 4) is 11.5 Å². The third kappa shape index (κ3) is 4.77. The molecule has 1 N–H and O–H groups in total. The van der Waals surface area contributed by atoms with Crippen LogP contribution in [0.15, 0.2) is 71.6 Å². The van der Waals surface area contributed by atoms with Gasteiger partial charge < -0.3 is 14.8 Å². The van der Waals surface area contributed by atoms with Crippen molar-refractivity contribution in [2.24, 2.45) is 0 Å². The number of nitrogens with one attached hydrogen (secondary N) is 1. The van der Waals surface area contributed by atoms with Crippen LogP contribution >= 0.6 is 0 Å². The van der Waals surface area contributed by atoms with Gasteiger partial charge in [0.15, 0.2) is 11.5 Å². The van der Waals surface area contributed by atoms with Gasteiger partial charge in [-0.25, -0.2) is 12.8 Å². The number of hydrogen-bond donors (Lipinski definition) is 1. The predicted molar refractivity (Wildman–Crippen MR) is 116 cm³/mol. The molecule has 0 radical (unpaired) electrons. The van der Waals surface area contributed by atoms with E-state index in [1.807, 2.05) is 0 Å². The van der Waals surface area contributed by atoms with Crippen LogP contribution in [0.25, 0.3) is 0 Å². The van der Waals surface area contributed by atoms with Crippen LogP contribution in [0.2, 0.25) is 0 Å². The number of carbonyl (C=O) groups excluding carboxylic acids is 1. The summed E-state index contributed by atoms with van der Waals surface area (Å²) in [6.07, 6.45) is 0. The number of sulfonamides is 1. The molecule has 0 saturated carbocycles. The molecule has 1 amide bonds. The predicted octanol–water partition coefficient (Wildman–Crippen LogP) is 3.92. The van der Waals surface area contributed by atoms with Gasteiger partial charge in [0.1, 0.15) is 5.82 Å². The van der Waals surface area contributed by atoms with E-state index in [4.69, 9.17) is 9.47 Å². The van der Waals surface area contributed by atoms with E-state index in [-0.39, 0.29) is 4.90 Å².